The Morgan fingerprint density at radius 3 is 2.40 bits per heavy atom. The zero-order valence-electron chi connectivity index (χ0n) is 20.6. The van der Waals surface area contributed by atoms with Crippen LogP contribution in [0.5, 0.6) is 0 Å². The van der Waals surface area contributed by atoms with E-state index in [2.05, 4.69) is 46.4 Å². The molecule has 1 fully saturated rings. The maximum Gasteiger partial charge on any atom is 0.224 e. The Kier molecular flexibility index (Phi) is 8.93. The van der Waals surface area contributed by atoms with Crippen molar-refractivity contribution in [1.29, 1.82) is 0 Å². The molecule has 0 aliphatic carbocycles. The minimum atomic E-state index is -0.466. The van der Waals surface area contributed by atoms with Gasteiger partial charge in [-0.15, -0.1) is 0 Å². The third kappa shape index (κ3) is 7.41. The summed E-state index contributed by atoms with van der Waals surface area (Å²) < 4.78 is 0. The SMILES string of the molecule is CN(C[C@@H](O)c1ccccc1)C1CCN(c2cccc(NC(=O)CCCc3ccccc3)c2)CC1. The molecule has 4 rings (SSSR count). The number of piperidine rings is 1. The van der Waals surface area contributed by atoms with Crippen LogP contribution in [0.4, 0.5) is 11.4 Å². The second-order valence-corrected chi connectivity index (χ2v) is 9.52. The number of nitrogens with one attached hydrogen (secondary N) is 1. The van der Waals surface area contributed by atoms with Gasteiger partial charge in [-0.2, -0.15) is 0 Å². The summed E-state index contributed by atoms with van der Waals surface area (Å²) in [6, 6.07) is 28.8. The number of carbonyl (C=O) groups excluding carboxylic acids is 1. The molecule has 1 aliphatic heterocycles. The third-order valence-corrected chi connectivity index (χ3v) is 6.94. The van der Waals surface area contributed by atoms with E-state index in [0.717, 1.165) is 55.7 Å². The fourth-order valence-corrected chi connectivity index (χ4v) is 4.87. The molecule has 5 heteroatoms. The minimum Gasteiger partial charge on any atom is -0.387 e. The molecule has 5 nitrogen and oxygen atoms in total. The molecule has 3 aromatic carbocycles. The maximum atomic E-state index is 12.4. The van der Waals surface area contributed by atoms with E-state index in [1.807, 2.05) is 60.7 Å². The van der Waals surface area contributed by atoms with E-state index in [9.17, 15) is 9.90 Å². The summed E-state index contributed by atoms with van der Waals surface area (Å²) in [6.07, 6.45) is 3.91. The van der Waals surface area contributed by atoms with Crippen LogP contribution in [0.25, 0.3) is 0 Å². The number of rotatable bonds is 10. The van der Waals surface area contributed by atoms with Gasteiger partial charge in [0.1, 0.15) is 0 Å². The Bertz CT molecular complexity index is 1050. The van der Waals surface area contributed by atoms with Crippen molar-refractivity contribution in [2.75, 3.05) is 36.9 Å². The van der Waals surface area contributed by atoms with Crippen molar-refractivity contribution < 1.29 is 9.90 Å². The van der Waals surface area contributed by atoms with E-state index in [0.29, 0.717) is 19.0 Å². The van der Waals surface area contributed by atoms with Crippen LogP contribution in [-0.2, 0) is 11.2 Å². The molecule has 1 heterocycles. The molecule has 1 aliphatic rings. The van der Waals surface area contributed by atoms with Gasteiger partial charge in [0.25, 0.3) is 0 Å². The van der Waals surface area contributed by atoms with Crippen molar-refractivity contribution in [1.82, 2.24) is 4.90 Å². The highest BCUT2D eigenvalue weighted by molar-refractivity contribution is 5.91. The standard InChI is InChI=1S/C30H37N3O2/c1-32(23-29(34)25-13-6-3-7-14-25)27-18-20-33(21-19-27)28-16-9-15-26(22-28)31-30(35)17-8-12-24-10-4-2-5-11-24/h2-7,9-11,13-16,22,27,29,34H,8,12,17-21,23H2,1H3,(H,31,35)/t29-/m1/s1. The lowest BCUT2D eigenvalue weighted by molar-refractivity contribution is -0.116. The number of hydrogen-bond acceptors (Lipinski definition) is 4. The molecule has 3 aromatic rings. The number of amides is 1. The quantitative estimate of drug-likeness (QED) is 0.422. The predicted molar refractivity (Wildman–Crippen MR) is 144 cm³/mol. The molecule has 2 N–H and O–H groups in total. The van der Waals surface area contributed by atoms with Gasteiger partial charge in [0.2, 0.25) is 5.91 Å². The number of aliphatic hydroxyl groups is 1. The number of anilines is 2. The Morgan fingerprint density at radius 2 is 1.69 bits per heavy atom. The van der Waals surface area contributed by atoms with Crippen molar-refractivity contribution in [3.8, 4) is 0 Å². The van der Waals surface area contributed by atoms with E-state index in [-0.39, 0.29) is 5.91 Å². The van der Waals surface area contributed by atoms with E-state index >= 15 is 0 Å². The van der Waals surface area contributed by atoms with Crippen LogP contribution in [0.2, 0.25) is 0 Å². The van der Waals surface area contributed by atoms with Crippen LogP contribution in [-0.4, -0.2) is 48.6 Å². The number of carbonyl (C=O) groups is 1. The van der Waals surface area contributed by atoms with Crippen molar-refractivity contribution in [2.24, 2.45) is 0 Å². The maximum absolute atomic E-state index is 12.4. The number of nitrogens with zero attached hydrogens (tertiary/aromatic N) is 2. The van der Waals surface area contributed by atoms with Crippen LogP contribution in [0.1, 0.15) is 42.9 Å². The van der Waals surface area contributed by atoms with Gasteiger partial charge in [0.15, 0.2) is 0 Å². The van der Waals surface area contributed by atoms with Gasteiger partial charge in [-0.25, -0.2) is 0 Å². The van der Waals surface area contributed by atoms with Crippen molar-refractivity contribution in [3.63, 3.8) is 0 Å². The molecule has 0 radical (unpaired) electrons. The average Bonchev–Trinajstić information content (AvgIpc) is 2.90. The normalized spacial score (nSPS) is 15.2. The lowest BCUT2D eigenvalue weighted by Gasteiger charge is -2.38. The van der Waals surface area contributed by atoms with Gasteiger partial charge in [0, 0.05) is 43.5 Å². The lowest BCUT2D eigenvalue weighted by Crippen LogP contribution is -2.44. The van der Waals surface area contributed by atoms with Crippen LogP contribution in [0.15, 0.2) is 84.9 Å². The smallest absolute Gasteiger partial charge is 0.224 e. The summed E-state index contributed by atoms with van der Waals surface area (Å²) in [5, 5.41) is 13.6. The molecule has 35 heavy (non-hydrogen) atoms. The zero-order valence-corrected chi connectivity index (χ0v) is 20.6. The number of aliphatic hydroxyl groups excluding tert-OH is 1. The summed E-state index contributed by atoms with van der Waals surface area (Å²) in [5.74, 6) is 0.0652. The van der Waals surface area contributed by atoms with E-state index < -0.39 is 6.10 Å². The highest BCUT2D eigenvalue weighted by Crippen LogP contribution is 2.26. The van der Waals surface area contributed by atoms with E-state index in [4.69, 9.17) is 0 Å². The van der Waals surface area contributed by atoms with Crippen LogP contribution in [0.3, 0.4) is 0 Å². The van der Waals surface area contributed by atoms with Crippen molar-refractivity contribution in [2.45, 2.75) is 44.2 Å². The molecule has 0 saturated carbocycles. The average molecular weight is 472 g/mol. The molecular formula is C30H37N3O2. The highest BCUT2D eigenvalue weighted by atomic mass is 16.3. The summed E-state index contributed by atoms with van der Waals surface area (Å²) in [6.45, 7) is 2.57. The molecule has 0 spiro atoms. The van der Waals surface area contributed by atoms with Gasteiger partial charge in [0.05, 0.1) is 6.10 Å². The zero-order chi connectivity index (χ0) is 24.5. The van der Waals surface area contributed by atoms with Crippen molar-refractivity contribution in [3.05, 3.63) is 96.1 Å². The molecule has 184 valence electrons. The Balaban J connectivity index is 1.23. The third-order valence-electron chi connectivity index (χ3n) is 6.94. The predicted octanol–water partition coefficient (Wildman–Crippen LogP) is 5.28. The molecule has 1 saturated heterocycles. The number of likely N-dealkylation sites (N-methyl/N-ethyl adjacent to an activating group) is 1. The van der Waals surface area contributed by atoms with E-state index in [1.165, 1.54) is 5.56 Å². The van der Waals surface area contributed by atoms with Crippen LogP contribution >= 0.6 is 0 Å². The summed E-state index contributed by atoms with van der Waals surface area (Å²) >= 11 is 0. The fraction of sp³-hybridized carbons (Fsp3) is 0.367. The molecule has 1 atom stereocenters. The summed E-state index contributed by atoms with van der Waals surface area (Å²) in [5.41, 5.74) is 4.25. The Morgan fingerprint density at radius 1 is 1.00 bits per heavy atom. The second-order valence-electron chi connectivity index (χ2n) is 9.52. The number of benzene rings is 3. The first-order valence-electron chi connectivity index (χ1n) is 12.7. The summed E-state index contributed by atoms with van der Waals surface area (Å²) in [4.78, 5) is 17.1. The van der Waals surface area contributed by atoms with Gasteiger partial charge < -0.3 is 20.2 Å². The van der Waals surface area contributed by atoms with Gasteiger partial charge >= 0.3 is 0 Å². The monoisotopic (exact) mass is 471 g/mol. The fourth-order valence-electron chi connectivity index (χ4n) is 4.87. The van der Waals surface area contributed by atoms with Crippen LogP contribution < -0.4 is 10.2 Å². The topological polar surface area (TPSA) is 55.8 Å². The first-order chi connectivity index (χ1) is 17.1. The largest absolute Gasteiger partial charge is 0.387 e. The minimum absolute atomic E-state index is 0.0652. The molecular weight excluding hydrogens is 434 g/mol. The van der Waals surface area contributed by atoms with Gasteiger partial charge in [-0.1, -0.05) is 66.7 Å². The van der Waals surface area contributed by atoms with Crippen LogP contribution in [0, 0.1) is 0 Å². The molecule has 1 amide bonds. The van der Waals surface area contributed by atoms with E-state index in [1.54, 1.807) is 0 Å². The molecule has 0 bridgehead atoms. The first-order valence-corrected chi connectivity index (χ1v) is 12.7. The highest BCUT2D eigenvalue weighted by Gasteiger charge is 2.24. The Hall–Kier alpha value is -3.15. The number of aryl methyl sites for hydroxylation is 1. The van der Waals surface area contributed by atoms with Gasteiger partial charge in [-0.3, -0.25) is 4.79 Å². The summed E-state index contributed by atoms with van der Waals surface area (Å²) in [7, 11) is 2.11. The first kappa shape index (κ1) is 25.0. The second kappa shape index (κ2) is 12.5. The Labute approximate surface area is 209 Å². The lowest BCUT2D eigenvalue weighted by atomic mass is 10.0. The molecule has 0 aromatic heterocycles. The molecule has 0 unspecified atom stereocenters. The van der Waals surface area contributed by atoms with Gasteiger partial charge in [-0.05, 0) is 62.1 Å². The number of hydrogen-bond donors (Lipinski definition) is 2. The van der Waals surface area contributed by atoms with Crippen molar-refractivity contribution >= 4 is 17.3 Å².